The van der Waals surface area contributed by atoms with E-state index in [1.165, 1.54) is 0 Å². The Morgan fingerprint density at radius 3 is 2.74 bits per heavy atom. The van der Waals surface area contributed by atoms with Crippen molar-refractivity contribution in [3.63, 3.8) is 0 Å². The van der Waals surface area contributed by atoms with Crippen LogP contribution in [0.1, 0.15) is 16.2 Å². The lowest BCUT2D eigenvalue weighted by atomic mass is 10.1. The zero-order chi connectivity index (χ0) is 16.4. The minimum Gasteiger partial charge on any atom is -0.355 e. The summed E-state index contributed by atoms with van der Waals surface area (Å²) in [4.78, 5) is 14.1. The van der Waals surface area contributed by atoms with E-state index < -0.39 is 0 Å². The third kappa shape index (κ3) is 3.19. The van der Waals surface area contributed by atoms with Gasteiger partial charge in [-0.1, -0.05) is 35.5 Å². The molecule has 0 spiro atoms. The molecule has 0 fully saturated rings. The van der Waals surface area contributed by atoms with Gasteiger partial charge in [0.25, 0.3) is 5.91 Å². The number of aromatic nitrogens is 3. The zero-order valence-electron chi connectivity index (χ0n) is 12.7. The highest BCUT2D eigenvalue weighted by molar-refractivity contribution is 9.10. The Labute approximate surface area is 141 Å². The Hall–Kier alpha value is -2.41. The van der Waals surface area contributed by atoms with E-state index in [1.54, 1.807) is 28.9 Å². The smallest absolute Gasteiger partial charge is 0.276 e. The maximum absolute atomic E-state index is 12.5. The van der Waals surface area contributed by atoms with Crippen molar-refractivity contribution in [1.29, 1.82) is 0 Å². The van der Waals surface area contributed by atoms with Crippen molar-refractivity contribution in [2.24, 2.45) is 7.05 Å². The van der Waals surface area contributed by atoms with E-state index in [2.05, 4.69) is 26.2 Å². The van der Waals surface area contributed by atoms with Crippen molar-refractivity contribution < 1.29 is 9.32 Å². The number of carbonyl (C=O) groups excluding carboxylic acids is 1. The van der Waals surface area contributed by atoms with Crippen LogP contribution in [0.2, 0.25) is 0 Å². The average molecular weight is 375 g/mol. The van der Waals surface area contributed by atoms with Crippen molar-refractivity contribution in [3.8, 4) is 11.3 Å². The van der Waals surface area contributed by atoms with E-state index in [0.717, 1.165) is 15.7 Å². The van der Waals surface area contributed by atoms with E-state index in [1.807, 2.05) is 37.4 Å². The number of carbonyl (C=O) groups is 1. The molecule has 0 unspecified atom stereocenters. The normalized spacial score (nSPS) is 10.7. The van der Waals surface area contributed by atoms with Crippen LogP contribution in [0.3, 0.4) is 0 Å². The summed E-state index contributed by atoms with van der Waals surface area (Å²) in [6.07, 6.45) is 1.71. The highest BCUT2D eigenvalue weighted by atomic mass is 79.9. The third-order valence-electron chi connectivity index (χ3n) is 3.53. The van der Waals surface area contributed by atoms with Gasteiger partial charge in [0.15, 0.2) is 11.5 Å². The number of hydrogen-bond donors (Lipinski definition) is 0. The first-order valence-electron chi connectivity index (χ1n) is 7.00. The van der Waals surface area contributed by atoms with Crippen molar-refractivity contribution >= 4 is 21.8 Å². The Kier molecular flexibility index (Phi) is 4.29. The molecule has 0 saturated carbocycles. The molecule has 2 aromatic heterocycles. The van der Waals surface area contributed by atoms with Gasteiger partial charge in [0, 0.05) is 25.7 Å². The average Bonchev–Trinajstić information content (AvgIpc) is 3.17. The van der Waals surface area contributed by atoms with Crippen LogP contribution < -0.4 is 0 Å². The van der Waals surface area contributed by atoms with Gasteiger partial charge in [-0.3, -0.25) is 9.48 Å². The van der Waals surface area contributed by atoms with Crippen LogP contribution >= 0.6 is 15.9 Å². The van der Waals surface area contributed by atoms with Crippen molar-refractivity contribution in [2.75, 3.05) is 7.05 Å². The second-order valence-corrected chi connectivity index (χ2v) is 6.02. The lowest BCUT2D eigenvalue weighted by Gasteiger charge is -2.15. The first-order chi connectivity index (χ1) is 11.1. The van der Waals surface area contributed by atoms with Gasteiger partial charge in [0.05, 0.1) is 22.9 Å². The Morgan fingerprint density at radius 2 is 2.09 bits per heavy atom. The summed E-state index contributed by atoms with van der Waals surface area (Å²) >= 11 is 3.43. The summed E-state index contributed by atoms with van der Waals surface area (Å²) in [5.74, 6) is 0.369. The van der Waals surface area contributed by atoms with Crippen LogP contribution in [0.25, 0.3) is 11.3 Å². The Bertz CT molecular complexity index is 806. The standard InChI is InChI=1S/C16H15BrN4O2/c1-20(10-14-12(17)9-18-21(14)2)16(22)13-8-15(23-19-13)11-6-4-3-5-7-11/h3-9H,10H2,1-2H3. The van der Waals surface area contributed by atoms with E-state index in [9.17, 15) is 4.79 Å². The van der Waals surface area contributed by atoms with Crippen molar-refractivity contribution in [3.05, 3.63) is 58.5 Å². The highest BCUT2D eigenvalue weighted by Crippen LogP contribution is 2.21. The largest absolute Gasteiger partial charge is 0.355 e. The molecule has 0 saturated heterocycles. The lowest BCUT2D eigenvalue weighted by Crippen LogP contribution is -2.27. The summed E-state index contributed by atoms with van der Waals surface area (Å²) in [6, 6.07) is 11.2. The number of amides is 1. The maximum atomic E-state index is 12.5. The number of hydrogen-bond acceptors (Lipinski definition) is 4. The first-order valence-corrected chi connectivity index (χ1v) is 7.79. The summed E-state index contributed by atoms with van der Waals surface area (Å²) in [7, 11) is 3.56. The predicted molar refractivity (Wildman–Crippen MR) is 88.6 cm³/mol. The van der Waals surface area contributed by atoms with Gasteiger partial charge in [-0.2, -0.15) is 5.10 Å². The third-order valence-corrected chi connectivity index (χ3v) is 4.19. The summed E-state index contributed by atoms with van der Waals surface area (Å²) in [5.41, 5.74) is 2.08. The molecule has 0 atom stereocenters. The fourth-order valence-corrected chi connectivity index (χ4v) is 2.69. The van der Waals surface area contributed by atoms with Crippen molar-refractivity contribution in [2.45, 2.75) is 6.54 Å². The van der Waals surface area contributed by atoms with Gasteiger partial charge < -0.3 is 9.42 Å². The number of halogens is 1. The Morgan fingerprint density at radius 1 is 1.35 bits per heavy atom. The minimum atomic E-state index is -0.205. The highest BCUT2D eigenvalue weighted by Gasteiger charge is 2.19. The topological polar surface area (TPSA) is 64.2 Å². The van der Waals surface area contributed by atoms with E-state index >= 15 is 0 Å². The quantitative estimate of drug-likeness (QED) is 0.703. The van der Waals surface area contributed by atoms with E-state index in [4.69, 9.17) is 4.52 Å². The van der Waals surface area contributed by atoms with Gasteiger partial charge in [-0.25, -0.2) is 0 Å². The molecule has 0 radical (unpaired) electrons. The second kappa shape index (κ2) is 6.37. The molecule has 1 amide bonds. The van der Waals surface area contributed by atoms with Gasteiger partial charge in [0.1, 0.15) is 0 Å². The first kappa shape index (κ1) is 15.5. The number of aryl methyl sites for hydroxylation is 1. The van der Waals surface area contributed by atoms with Crippen LogP contribution in [-0.4, -0.2) is 32.8 Å². The fourth-order valence-electron chi connectivity index (χ4n) is 2.22. The molecule has 0 N–H and O–H groups in total. The Balaban J connectivity index is 1.77. The molecule has 118 valence electrons. The fraction of sp³-hybridized carbons (Fsp3) is 0.188. The maximum Gasteiger partial charge on any atom is 0.276 e. The molecule has 6 nitrogen and oxygen atoms in total. The number of nitrogens with zero attached hydrogens (tertiary/aromatic N) is 4. The molecule has 0 aliphatic rings. The van der Waals surface area contributed by atoms with Gasteiger partial charge in [-0.05, 0) is 15.9 Å². The van der Waals surface area contributed by atoms with E-state index in [-0.39, 0.29) is 11.6 Å². The van der Waals surface area contributed by atoms with Crippen LogP contribution in [-0.2, 0) is 13.6 Å². The molecule has 0 aliphatic heterocycles. The SMILES string of the molecule is CN(Cc1c(Br)cnn1C)C(=O)c1cc(-c2ccccc2)on1. The molecule has 3 rings (SSSR count). The molecule has 0 bridgehead atoms. The lowest BCUT2D eigenvalue weighted by molar-refractivity contribution is 0.0771. The molecule has 7 heteroatoms. The number of rotatable bonds is 4. The van der Waals surface area contributed by atoms with Crippen LogP contribution in [0, 0.1) is 0 Å². The van der Waals surface area contributed by atoms with Crippen LogP contribution in [0.15, 0.2) is 51.6 Å². The molecule has 23 heavy (non-hydrogen) atoms. The van der Waals surface area contributed by atoms with Crippen LogP contribution in [0.5, 0.6) is 0 Å². The predicted octanol–water partition coefficient (Wildman–Crippen LogP) is 3.11. The summed E-state index contributed by atoms with van der Waals surface area (Å²) < 4.78 is 7.87. The molecular weight excluding hydrogens is 360 g/mol. The monoisotopic (exact) mass is 374 g/mol. The zero-order valence-corrected chi connectivity index (χ0v) is 14.3. The van der Waals surface area contributed by atoms with Gasteiger partial charge in [0.2, 0.25) is 0 Å². The molecule has 0 aliphatic carbocycles. The molecule has 2 heterocycles. The van der Waals surface area contributed by atoms with Gasteiger partial charge >= 0.3 is 0 Å². The van der Waals surface area contributed by atoms with Crippen molar-refractivity contribution in [1.82, 2.24) is 19.8 Å². The minimum absolute atomic E-state index is 0.205. The van der Waals surface area contributed by atoms with Gasteiger partial charge in [-0.15, -0.1) is 0 Å². The molecular formula is C16H15BrN4O2. The summed E-state index contributed by atoms with van der Waals surface area (Å²) in [6.45, 7) is 0.420. The molecule has 1 aromatic carbocycles. The van der Waals surface area contributed by atoms with Crippen LogP contribution in [0.4, 0.5) is 0 Å². The summed E-state index contributed by atoms with van der Waals surface area (Å²) in [5, 5.41) is 8.03. The second-order valence-electron chi connectivity index (χ2n) is 5.17. The molecule has 3 aromatic rings. The van der Waals surface area contributed by atoms with E-state index in [0.29, 0.717) is 12.3 Å². The number of benzene rings is 1.